The summed E-state index contributed by atoms with van der Waals surface area (Å²) < 4.78 is 36.5. The van der Waals surface area contributed by atoms with Gasteiger partial charge >= 0.3 is 0 Å². The molecule has 182 valence electrons. The Balaban J connectivity index is 1.30. The van der Waals surface area contributed by atoms with Crippen molar-refractivity contribution in [3.05, 3.63) is 89.7 Å². The number of hydrogen-bond donors (Lipinski definition) is 0. The zero-order valence-electron chi connectivity index (χ0n) is 20.2. The second kappa shape index (κ2) is 9.84. The minimum absolute atomic E-state index is 0.369. The highest BCUT2D eigenvalue weighted by Crippen LogP contribution is 2.28. The van der Waals surface area contributed by atoms with Crippen LogP contribution < -0.4 is 4.74 Å². The molecular weight excluding hydrogens is 458 g/mol. The van der Waals surface area contributed by atoms with Crippen LogP contribution in [0.1, 0.15) is 29.8 Å². The Kier molecular flexibility index (Phi) is 6.62. The van der Waals surface area contributed by atoms with Crippen LogP contribution in [0.4, 0.5) is 0 Å². The van der Waals surface area contributed by atoms with Crippen molar-refractivity contribution in [3.8, 4) is 5.75 Å². The van der Waals surface area contributed by atoms with Crippen LogP contribution in [0.25, 0.3) is 11.0 Å². The number of fused-ring (bicyclic) bond motifs is 1. The molecule has 6 nitrogen and oxygen atoms in total. The Morgan fingerprint density at radius 2 is 1.66 bits per heavy atom. The van der Waals surface area contributed by atoms with Crippen molar-refractivity contribution in [2.24, 2.45) is 5.92 Å². The minimum atomic E-state index is -3.48. The molecular formula is C28H31N3O3S. The van der Waals surface area contributed by atoms with Gasteiger partial charge in [-0.2, -0.15) is 4.31 Å². The first-order valence-corrected chi connectivity index (χ1v) is 13.6. The van der Waals surface area contributed by atoms with E-state index in [4.69, 9.17) is 9.72 Å². The van der Waals surface area contributed by atoms with Crippen LogP contribution in [0, 0.1) is 19.8 Å². The number of aryl methyl sites for hydroxylation is 2. The average molecular weight is 490 g/mol. The number of piperidine rings is 1. The third-order valence-electron chi connectivity index (χ3n) is 6.81. The summed E-state index contributed by atoms with van der Waals surface area (Å²) in [4.78, 5) is 5.25. The van der Waals surface area contributed by atoms with Crippen LogP contribution in [0.2, 0.25) is 0 Å². The Morgan fingerprint density at radius 3 is 2.40 bits per heavy atom. The lowest BCUT2D eigenvalue weighted by atomic mass is 9.98. The Hall–Kier alpha value is -3.16. The van der Waals surface area contributed by atoms with Gasteiger partial charge < -0.3 is 9.30 Å². The smallest absolute Gasteiger partial charge is 0.243 e. The molecule has 0 aliphatic carbocycles. The Morgan fingerprint density at radius 1 is 0.943 bits per heavy atom. The third-order valence-corrected chi connectivity index (χ3v) is 8.87. The standard InChI is InChI=1S/C28H31N3O3S/c1-21-12-13-27(22(2)18-21)35(32,33)30-16-14-23(15-17-30)19-31-26-11-7-6-10-25(26)29-28(31)20-34-24-8-4-3-5-9-24/h3-13,18,23H,14-17,19-20H2,1-2H3. The van der Waals surface area contributed by atoms with Crippen molar-refractivity contribution in [2.75, 3.05) is 13.1 Å². The van der Waals surface area contributed by atoms with Crippen LogP contribution in [0.5, 0.6) is 5.75 Å². The number of nitrogens with zero attached hydrogens (tertiary/aromatic N) is 3. The molecule has 1 saturated heterocycles. The maximum atomic E-state index is 13.3. The number of para-hydroxylation sites is 3. The van der Waals surface area contributed by atoms with Crippen LogP contribution >= 0.6 is 0 Å². The van der Waals surface area contributed by atoms with E-state index in [0.717, 1.165) is 53.1 Å². The Labute approximate surface area is 207 Å². The second-order valence-electron chi connectivity index (χ2n) is 9.35. The summed E-state index contributed by atoms with van der Waals surface area (Å²) in [5.41, 5.74) is 3.92. The first kappa shape index (κ1) is 23.6. The summed E-state index contributed by atoms with van der Waals surface area (Å²) in [5, 5.41) is 0. The molecule has 0 N–H and O–H groups in total. The maximum absolute atomic E-state index is 13.3. The monoisotopic (exact) mass is 489 g/mol. The number of sulfonamides is 1. The van der Waals surface area contributed by atoms with Crippen molar-refractivity contribution >= 4 is 21.1 Å². The van der Waals surface area contributed by atoms with Gasteiger partial charge in [0, 0.05) is 19.6 Å². The molecule has 1 aliphatic rings. The molecule has 0 amide bonds. The molecule has 1 aliphatic heterocycles. The minimum Gasteiger partial charge on any atom is -0.486 e. The summed E-state index contributed by atoms with van der Waals surface area (Å²) in [6.45, 7) is 6.10. The van der Waals surface area contributed by atoms with Gasteiger partial charge in [-0.05, 0) is 68.5 Å². The van der Waals surface area contributed by atoms with Crippen LogP contribution in [-0.4, -0.2) is 35.4 Å². The lowest BCUT2D eigenvalue weighted by molar-refractivity contribution is 0.244. The molecule has 0 saturated carbocycles. The predicted molar refractivity (Wildman–Crippen MR) is 138 cm³/mol. The van der Waals surface area contributed by atoms with E-state index in [9.17, 15) is 8.42 Å². The summed E-state index contributed by atoms with van der Waals surface area (Å²) >= 11 is 0. The molecule has 5 rings (SSSR count). The molecule has 2 heterocycles. The van der Waals surface area contributed by atoms with Gasteiger partial charge in [-0.3, -0.25) is 0 Å². The largest absolute Gasteiger partial charge is 0.486 e. The van der Waals surface area contributed by atoms with Crippen molar-refractivity contribution in [1.29, 1.82) is 0 Å². The van der Waals surface area contributed by atoms with E-state index in [1.54, 1.807) is 10.4 Å². The number of rotatable bonds is 7. The van der Waals surface area contributed by atoms with Crippen LogP contribution in [-0.2, 0) is 23.2 Å². The molecule has 0 unspecified atom stereocenters. The van der Waals surface area contributed by atoms with Gasteiger partial charge in [0.05, 0.1) is 15.9 Å². The number of ether oxygens (including phenoxy) is 1. The molecule has 35 heavy (non-hydrogen) atoms. The highest BCUT2D eigenvalue weighted by atomic mass is 32.2. The quantitative estimate of drug-likeness (QED) is 0.352. The third kappa shape index (κ3) is 4.97. The fourth-order valence-electron chi connectivity index (χ4n) is 4.92. The van der Waals surface area contributed by atoms with Gasteiger partial charge in [0.2, 0.25) is 10.0 Å². The first-order valence-electron chi connectivity index (χ1n) is 12.1. The van der Waals surface area contributed by atoms with Gasteiger partial charge in [-0.1, -0.05) is 48.0 Å². The second-order valence-corrected chi connectivity index (χ2v) is 11.3. The molecule has 3 aromatic carbocycles. The lowest BCUT2D eigenvalue weighted by Gasteiger charge is -2.32. The molecule has 4 aromatic rings. The van der Waals surface area contributed by atoms with E-state index < -0.39 is 10.0 Å². The summed E-state index contributed by atoms with van der Waals surface area (Å²) in [6, 6.07) is 23.5. The SMILES string of the molecule is Cc1ccc(S(=O)(=O)N2CCC(Cn3c(COc4ccccc4)nc4ccccc43)CC2)c(C)c1. The van der Waals surface area contributed by atoms with E-state index in [2.05, 4.69) is 10.6 Å². The first-order chi connectivity index (χ1) is 16.9. The predicted octanol–water partition coefficient (Wildman–Crippen LogP) is 5.33. The normalized spacial score (nSPS) is 15.5. The molecule has 0 atom stereocenters. The summed E-state index contributed by atoms with van der Waals surface area (Å²) in [7, 11) is -3.48. The van der Waals surface area contributed by atoms with E-state index in [0.29, 0.717) is 30.5 Å². The maximum Gasteiger partial charge on any atom is 0.243 e. The molecule has 1 aromatic heterocycles. The highest BCUT2D eigenvalue weighted by Gasteiger charge is 2.31. The van der Waals surface area contributed by atoms with Gasteiger partial charge in [0.25, 0.3) is 0 Å². The Bertz CT molecular complexity index is 1420. The van der Waals surface area contributed by atoms with Gasteiger partial charge in [-0.25, -0.2) is 13.4 Å². The molecule has 0 spiro atoms. The number of imidazole rings is 1. The number of aromatic nitrogens is 2. The zero-order chi connectivity index (χ0) is 24.4. The topological polar surface area (TPSA) is 64.4 Å². The number of benzene rings is 3. The van der Waals surface area contributed by atoms with Crippen molar-refractivity contribution in [3.63, 3.8) is 0 Å². The molecule has 0 bridgehead atoms. The average Bonchev–Trinajstić information content (AvgIpc) is 3.21. The van der Waals surface area contributed by atoms with Crippen molar-refractivity contribution in [2.45, 2.75) is 44.7 Å². The lowest BCUT2D eigenvalue weighted by Crippen LogP contribution is -2.39. The van der Waals surface area contributed by atoms with Crippen LogP contribution in [0.3, 0.4) is 0 Å². The summed E-state index contributed by atoms with van der Waals surface area (Å²) in [5.74, 6) is 2.07. The van der Waals surface area contributed by atoms with Gasteiger partial charge in [0.1, 0.15) is 18.2 Å². The van der Waals surface area contributed by atoms with E-state index >= 15 is 0 Å². The van der Waals surface area contributed by atoms with E-state index in [-0.39, 0.29) is 0 Å². The van der Waals surface area contributed by atoms with Crippen molar-refractivity contribution < 1.29 is 13.2 Å². The van der Waals surface area contributed by atoms with E-state index in [1.807, 2.05) is 74.5 Å². The molecule has 1 fully saturated rings. The van der Waals surface area contributed by atoms with Gasteiger partial charge in [0.15, 0.2) is 0 Å². The molecule has 0 radical (unpaired) electrons. The highest BCUT2D eigenvalue weighted by molar-refractivity contribution is 7.89. The fourth-order valence-corrected chi connectivity index (χ4v) is 6.60. The zero-order valence-corrected chi connectivity index (χ0v) is 21.0. The summed E-state index contributed by atoms with van der Waals surface area (Å²) in [6.07, 6.45) is 1.63. The van der Waals surface area contributed by atoms with Crippen LogP contribution in [0.15, 0.2) is 77.7 Å². The number of hydrogen-bond acceptors (Lipinski definition) is 4. The van der Waals surface area contributed by atoms with E-state index in [1.165, 1.54) is 0 Å². The van der Waals surface area contributed by atoms with Crippen molar-refractivity contribution in [1.82, 2.24) is 13.9 Å². The molecule has 7 heteroatoms. The van der Waals surface area contributed by atoms with Gasteiger partial charge in [-0.15, -0.1) is 0 Å². The fraction of sp³-hybridized carbons (Fsp3) is 0.321.